The first-order valence-electron chi connectivity index (χ1n) is 6.84. The second kappa shape index (κ2) is 7.05. The van der Waals surface area contributed by atoms with Gasteiger partial charge in [-0.25, -0.2) is 0 Å². The molecule has 1 heterocycles. The Kier molecular flexibility index (Phi) is 5.12. The zero-order valence-corrected chi connectivity index (χ0v) is 11.6. The van der Waals surface area contributed by atoms with E-state index in [9.17, 15) is 9.59 Å². The lowest BCUT2D eigenvalue weighted by Crippen LogP contribution is -2.31. The number of carbonyl (C=O) groups excluding carboxylic acids is 2. The zero-order valence-electron chi connectivity index (χ0n) is 11.6. The van der Waals surface area contributed by atoms with Gasteiger partial charge in [0.2, 0.25) is 5.91 Å². The van der Waals surface area contributed by atoms with Gasteiger partial charge < -0.3 is 15.4 Å². The van der Waals surface area contributed by atoms with Gasteiger partial charge in [0, 0.05) is 31.5 Å². The molecule has 0 aliphatic carbocycles. The third-order valence-electron chi connectivity index (χ3n) is 3.33. The molecule has 2 N–H and O–H groups in total. The van der Waals surface area contributed by atoms with Crippen LogP contribution in [-0.2, 0) is 9.53 Å². The highest BCUT2D eigenvalue weighted by Gasteiger charge is 2.25. The van der Waals surface area contributed by atoms with Crippen LogP contribution in [0.1, 0.15) is 23.7 Å². The van der Waals surface area contributed by atoms with Crippen molar-refractivity contribution in [2.45, 2.75) is 19.4 Å². The van der Waals surface area contributed by atoms with Crippen molar-refractivity contribution in [1.82, 2.24) is 10.6 Å². The molecule has 1 aromatic carbocycles. The number of hydrogen-bond acceptors (Lipinski definition) is 3. The largest absolute Gasteiger partial charge is 0.376 e. The second-order valence-electron chi connectivity index (χ2n) is 5.07. The first-order chi connectivity index (χ1) is 9.65. The van der Waals surface area contributed by atoms with Gasteiger partial charge in [-0.15, -0.1) is 0 Å². The molecule has 0 aromatic heterocycles. The average Bonchev–Trinajstić information content (AvgIpc) is 2.91. The van der Waals surface area contributed by atoms with E-state index in [4.69, 9.17) is 4.74 Å². The summed E-state index contributed by atoms with van der Waals surface area (Å²) in [6, 6.07) is 9.16. The molecular formula is C15H20N2O3. The summed E-state index contributed by atoms with van der Waals surface area (Å²) < 4.78 is 5.59. The second-order valence-corrected chi connectivity index (χ2v) is 5.07. The van der Waals surface area contributed by atoms with E-state index in [0.717, 1.165) is 6.42 Å². The van der Waals surface area contributed by atoms with Crippen molar-refractivity contribution in [1.29, 1.82) is 0 Å². The standard InChI is InChI=1S/C15H20N2O3/c1-11(18)16-9-14-7-12(10-20-14)8-17-15(19)13-5-3-2-4-6-13/h2-6,12,14H,7-10H2,1H3,(H,16,18)(H,17,19)/t12-,14+/m1/s1. The van der Waals surface area contributed by atoms with Crippen LogP contribution in [0, 0.1) is 5.92 Å². The Labute approximate surface area is 118 Å². The fourth-order valence-corrected chi connectivity index (χ4v) is 2.25. The molecule has 0 unspecified atom stereocenters. The van der Waals surface area contributed by atoms with Gasteiger partial charge in [0.1, 0.15) is 0 Å². The smallest absolute Gasteiger partial charge is 0.251 e. The van der Waals surface area contributed by atoms with Crippen molar-refractivity contribution in [2.75, 3.05) is 19.7 Å². The molecule has 5 nitrogen and oxygen atoms in total. The molecule has 1 fully saturated rings. The summed E-state index contributed by atoms with van der Waals surface area (Å²) in [7, 11) is 0. The molecule has 0 bridgehead atoms. The number of amides is 2. The molecule has 1 aromatic rings. The lowest BCUT2D eigenvalue weighted by molar-refractivity contribution is -0.119. The lowest BCUT2D eigenvalue weighted by atomic mass is 10.1. The Balaban J connectivity index is 1.70. The van der Waals surface area contributed by atoms with Crippen molar-refractivity contribution in [3.05, 3.63) is 35.9 Å². The topological polar surface area (TPSA) is 67.4 Å². The van der Waals surface area contributed by atoms with Crippen molar-refractivity contribution in [3.8, 4) is 0 Å². The van der Waals surface area contributed by atoms with Crippen LogP contribution in [0.3, 0.4) is 0 Å². The van der Waals surface area contributed by atoms with E-state index in [1.54, 1.807) is 12.1 Å². The van der Waals surface area contributed by atoms with Gasteiger partial charge in [0.15, 0.2) is 0 Å². The molecular weight excluding hydrogens is 256 g/mol. The minimum Gasteiger partial charge on any atom is -0.376 e. The predicted molar refractivity (Wildman–Crippen MR) is 75.3 cm³/mol. The molecule has 0 saturated carbocycles. The van der Waals surface area contributed by atoms with Crippen LogP contribution in [0.25, 0.3) is 0 Å². The van der Waals surface area contributed by atoms with E-state index in [1.807, 2.05) is 18.2 Å². The number of hydrogen-bond donors (Lipinski definition) is 2. The van der Waals surface area contributed by atoms with Crippen molar-refractivity contribution >= 4 is 11.8 Å². The number of benzene rings is 1. The summed E-state index contributed by atoms with van der Waals surface area (Å²) >= 11 is 0. The first-order valence-corrected chi connectivity index (χ1v) is 6.84. The molecule has 0 spiro atoms. The van der Waals surface area contributed by atoms with E-state index >= 15 is 0 Å². The summed E-state index contributed by atoms with van der Waals surface area (Å²) in [6.07, 6.45) is 0.910. The van der Waals surface area contributed by atoms with Crippen LogP contribution in [0.4, 0.5) is 0 Å². The molecule has 0 radical (unpaired) electrons. The van der Waals surface area contributed by atoms with Crippen LogP contribution in [0.15, 0.2) is 30.3 Å². The molecule has 1 aliphatic heterocycles. The lowest BCUT2D eigenvalue weighted by Gasteiger charge is -2.11. The average molecular weight is 276 g/mol. The van der Waals surface area contributed by atoms with Crippen LogP contribution < -0.4 is 10.6 Å². The van der Waals surface area contributed by atoms with Gasteiger partial charge >= 0.3 is 0 Å². The molecule has 2 amide bonds. The molecule has 5 heteroatoms. The Morgan fingerprint density at radius 1 is 1.20 bits per heavy atom. The maximum absolute atomic E-state index is 11.9. The monoisotopic (exact) mass is 276 g/mol. The van der Waals surface area contributed by atoms with E-state index in [-0.39, 0.29) is 17.9 Å². The quantitative estimate of drug-likeness (QED) is 0.841. The predicted octanol–water partition coefficient (Wildman–Crippen LogP) is 0.958. The molecule has 1 aliphatic rings. The van der Waals surface area contributed by atoms with Gasteiger partial charge in [0.25, 0.3) is 5.91 Å². The van der Waals surface area contributed by atoms with E-state index in [0.29, 0.717) is 31.2 Å². The minimum atomic E-state index is -0.0593. The third kappa shape index (κ3) is 4.35. The molecule has 20 heavy (non-hydrogen) atoms. The number of rotatable bonds is 5. The maximum Gasteiger partial charge on any atom is 0.251 e. The van der Waals surface area contributed by atoms with Gasteiger partial charge in [0.05, 0.1) is 12.7 Å². The number of ether oxygens (including phenoxy) is 1. The number of nitrogens with one attached hydrogen (secondary N) is 2. The maximum atomic E-state index is 11.9. The van der Waals surface area contributed by atoms with Gasteiger partial charge in [-0.3, -0.25) is 9.59 Å². The summed E-state index contributed by atoms with van der Waals surface area (Å²) in [5, 5.41) is 5.67. The summed E-state index contributed by atoms with van der Waals surface area (Å²) in [6.45, 7) is 3.26. The summed E-state index contributed by atoms with van der Waals surface area (Å²) in [5.41, 5.74) is 0.668. The van der Waals surface area contributed by atoms with Gasteiger partial charge in [-0.1, -0.05) is 18.2 Å². The van der Waals surface area contributed by atoms with Crippen LogP contribution in [-0.4, -0.2) is 37.6 Å². The van der Waals surface area contributed by atoms with Crippen LogP contribution >= 0.6 is 0 Å². The fourth-order valence-electron chi connectivity index (χ4n) is 2.25. The minimum absolute atomic E-state index is 0.0468. The molecule has 1 saturated heterocycles. The van der Waals surface area contributed by atoms with Crippen molar-refractivity contribution < 1.29 is 14.3 Å². The number of carbonyl (C=O) groups is 2. The highest BCUT2D eigenvalue weighted by Crippen LogP contribution is 2.18. The molecule has 2 atom stereocenters. The van der Waals surface area contributed by atoms with Crippen LogP contribution in [0.5, 0.6) is 0 Å². The molecule has 2 rings (SSSR count). The van der Waals surface area contributed by atoms with E-state index in [1.165, 1.54) is 6.92 Å². The Morgan fingerprint density at radius 2 is 1.95 bits per heavy atom. The SMILES string of the molecule is CC(=O)NC[C@@H]1C[C@H](CNC(=O)c2ccccc2)CO1. The van der Waals surface area contributed by atoms with Crippen molar-refractivity contribution in [3.63, 3.8) is 0 Å². The van der Waals surface area contributed by atoms with Crippen LogP contribution in [0.2, 0.25) is 0 Å². The Bertz CT molecular complexity index is 461. The molecule has 108 valence electrons. The highest BCUT2D eigenvalue weighted by molar-refractivity contribution is 5.94. The zero-order chi connectivity index (χ0) is 14.4. The highest BCUT2D eigenvalue weighted by atomic mass is 16.5. The Hall–Kier alpha value is -1.88. The Morgan fingerprint density at radius 3 is 2.65 bits per heavy atom. The summed E-state index contributed by atoms with van der Waals surface area (Å²) in [4.78, 5) is 22.7. The first kappa shape index (κ1) is 14.5. The normalized spacial score (nSPS) is 21.4. The fraction of sp³-hybridized carbons (Fsp3) is 0.467. The van der Waals surface area contributed by atoms with Gasteiger partial charge in [-0.05, 0) is 18.6 Å². The van der Waals surface area contributed by atoms with Crippen molar-refractivity contribution in [2.24, 2.45) is 5.92 Å². The van der Waals surface area contributed by atoms with E-state index in [2.05, 4.69) is 10.6 Å². The van der Waals surface area contributed by atoms with Gasteiger partial charge in [-0.2, -0.15) is 0 Å². The van der Waals surface area contributed by atoms with E-state index < -0.39 is 0 Å². The third-order valence-corrected chi connectivity index (χ3v) is 3.33. The summed E-state index contributed by atoms with van der Waals surface area (Å²) in [5.74, 6) is 0.201.